The highest BCUT2D eigenvalue weighted by atomic mass is 16.7. The van der Waals surface area contributed by atoms with E-state index in [0.29, 0.717) is 38.6 Å². The summed E-state index contributed by atoms with van der Waals surface area (Å²) in [4.78, 5) is 24.5. The van der Waals surface area contributed by atoms with Crippen molar-refractivity contribution >= 4 is 12.1 Å². The summed E-state index contributed by atoms with van der Waals surface area (Å²) in [7, 11) is 1.52. The summed E-state index contributed by atoms with van der Waals surface area (Å²) in [6.45, 7) is 16.1. The third kappa shape index (κ3) is 9.12. The number of nitrogens with one attached hydrogen (secondary N) is 1. The molecule has 1 unspecified atom stereocenters. The van der Waals surface area contributed by atoms with Crippen molar-refractivity contribution in [1.29, 1.82) is 0 Å². The van der Waals surface area contributed by atoms with Gasteiger partial charge in [0, 0.05) is 44.2 Å². The first-order valence-electron chi connectivity index (χ1n) is 21.9. The average Bonchev–Trinajstić information content (AvgIpc) is 3.91. The lowest BCUT2D eigenvalue weighted by atomic mass is 9.78. The Balaban J connectivity index is 1.08. The second-order valence-electron chi connectivity index (χ2n) is 18.9. The van der Waals surface area contributed by atoms with Crippen LogP contribution >= 0.6 is 0 Å². The van der Waals surface area contributed by atoms with Gasteiger partial charge in [0.2, 0.25) is 5.79 Å². The van der Waals surface area contributed by atoms with Crippen LogP contribution in [0.4, 0.5) is 4.79 Å². The van der Waals surface area contributed by atoms with Crippen LogP contribution in [0.2, 0.25) is 0 Å². The monoisotopic (exact) mass is 817 g/mol. The van der Waals surface area contributed by atoms with Crippen LogP contribution in [0.25, 0.3) is 0 Å². The Morgan fingerprint density at radius 3 is 2.40 bits per heavy atom. The number of aliphatic carboxylic acids is 1. The number of carbonyl (C=O) groups is 2. The van der Waals surface area contributed by atoms with Crippen LogP contribution in [0.5, 0.6) is 0 Å². The summed E-state index contributed by atoms with van der Waals surface area (Å²) >= 11 is 0. The molecular formula is C45H71NO12. The molecule has 13 heteroatoms. The predicted molar refractivity (Wildman–Crippen MR) is 215 cm³/mol. The molecule has 0 aliphatic carbocycles. The minimum absolute atomic E-state index is 0.106. The van der Waals surface area contributed by atoms with Crippen molar-refractivity contribution in [3.05, 3.63) is 35.9 Å². The molecule has 5 saturated heterocycles. The van der Waals surface area contributed by atoms with Gasteiger partial charge >= 0.3 is 12.1 Å². The van der Waals surface area contributed by atoms with E-state index < -0.39 is 65.2 Å². The molecule has 328 valence electrons. The fourth-order valence-electron chi connectivity index (χ4n) is 11.1. The molecule has 5 aliphatic heterocycles. The molecule has 0 bridgehead atoms. The van der Waals surface area contributed by atoms with Crippen LogP contribution in [0.15, 0.2) is 30.3 Å². The SMILES string of the molecule is CC[C@@]1([C@H]2O[C@@H]([C@H]3O[C@](O)(COC(=O)NCCc4ccccc4)[C@H](C)C[C@@H]3C)C[C@@H]2C)CC[C@@H]([C@@]2(C)CC[C@@]3(C[C@H](O)[C@@H](C)C([C@@H](C)[C@@H](OC)[C@H](C)C(=O)O)O3)O2)O1. The number of hydrogen-bond acceptors (Lipinski definition) is 11. The fourth-order valence-corrected chi connectivity index (χ4v) is 11.1. The van der Waals surface area contributed by atoms with Gasteiger partial charge in [0.15, 0.2) is 5.79 Å². The Labute approximate surface area is 345 Å². The molecular weight excluding hydrogens is 746 g/mol. The topological polar surface area (TPSA) is 171 Å². The Hall–Kier alpha value is -2.36. The van der Waals surface area contributed by atoms with Crippen molar-refractivity contribution < 1.29 is 58.1 Å². The van der Waals surface area contributed by atoms with Gasteiger partial charge in [-0.1, -0.05) is 71.9 Å². The van der Waals surface area contributed by atoms with E-state index in [1.165, 1.54) is 7.11 Å². The van der Waals surface area contributed by atoms with Gasteiger partial charge < -0.3 is 53.8 Å². The minimum atomic E-state index is -1.65. The zero-order chi connectivity index (χ0) is 42.2. The van der Waals surface area contributed by atoms with E-state index in [-0.39, 0.29) is 54.5 Å². The summed E-state index contributed by atoms with van der Waals surface area (Å²) in [6.07, 6.45) is 2.52. The fraction of sp³-hybridized carbons (Fsp3) is 0.822. The van der Waals surface area contributed by atoms with E-state index in [1.807, 2.05) is 51.1 Å². The number of aliphatic hydroxyl groups excluding tert-OH is 1. The van der Waals surface area contributed by atoms with Crippen molar-refractivity contribution in [1.82, 2.24) is 5.32 Å². The molecule has 13 nitrogen and oxygen atoms in total. The van der Waals surface area contributed by atoms with Crippen LogP contribution in [-0.4, -0.2) is 113 Å². The van der Waals surface area contributed by atoms with Gasteiger partial charge in [-0.15, -0.1) is 0 Å². The molecule has 5 aliphatic rings. The van der Waals surface area contributed by atoms with E-state index in [4.69, 9.17) is 33.2 Å². The molecule has 0 aromatic heterocycles. The van der Waals surface area contributed by atoms with E-state index in [0.717, 1.165) is 31.2 Å². The number of carbonyl (C=O) groups excluding carboxylic acids is 1. The molecule has 58 heavy (non-hydrogen) atoms. The highest BCUT2D eigenvalue weighted by Crippen LogP contribution is 2.55. The molecule has 1 aromatic rings. The number of amides is 1. The summed E-state index contributed by atoms with van der Waals surface area (Å²) in [5.74, 6) is -4.91. The van der Waals surface area contributed by atoms with Crippen LogP contribution < -0.4 is 5.32 Å². The Bertz CT molecular complexity index is 1550. The lowest BCUT2D eigenvalue weighted by Crippen LogP contribution is -2.57. The number of alkyl carbamates (subject to hydrolysis) is 1. The molecule has 0 saturated carbocycles. The zero-order valence-electron chi connectivity index (χ0n) is 36.2. The summed E-state index contributed by atoms with van der Waals surface area (Å²) in [6, 6.07) is 9.89. The second kappa shape index (κ2) is 17.9. The quantitative estimate of drug-likeness (QED) is 0.167. The molecule has 5 heterocycles. The number of benzene rings is 1. The smallest absolute Gasteiger partial charge is 0.407 e. The van der Waals surface area contributed by atoms with E-state index in [1.54, 1.807) is 6.92 Å². The molecule has 0 radical (unpaired) electrons. The first-order valence-corrected chi connectivity index (χ1v) is 21.9. The lowest BCUT2D eigenvalue weighted by molar-refractivity contribution is -0.336. The maximum absolute atomic E-state index is 12.6. The van der Waals surface area contributed by atoms with Gasteiger partial charge in [-0.3, -0.25) is 4.79 Å². The normalized spacial score (nSPS) is 43.2. The highest BCUT2D eigenvalue weighted by Gasteiger charge is 2.62. The van der Waals surface area contributed by atoms with Crippen LogP contribution in [0.1, 0.15) is 112 Å². The number of ether oxygens (including phenoxy) is 7. The summed E-state index contributed by atoms with van der Waals surface area (Å²) in [5, 5.41) is 35.7. The zero-order valence-corrected chi connectivity index (χ0v) is 36.2. The molecule has 17 atom stereocenters. The van der Waals surface area contributed by atoms with Gasteiger partial charge in [0.1, 0.15) is 6.61 Å². The number of rotatable bonds is 14. The number of hydrogen-bond donors (Lipinski definition) is 4. The van der Waals surface area contributed by atoms with Gasteiger partial charge in [-0.25, -0.2) is 4.79 Å². The van der Waals surface area contributed by atoms with Gasteiger partial charge in [-0.05, 0) is 76.2 Å². The standard InChI is InChI=1S/C45H71NO12/c1-10-43(18-16-35(55-43)42(8)19-20-44(58-42)24-33(47)29(5)38(56-44)30(6)37(52-9)31(7)40(48)49)39-27(3)23-34(54-39)36-26(2)22-28(4)45(51,57-36)25-53-41(50)46-21-17-32-14-12-11-13-15-32/h11-15,26-31,33-39,47,51H,10,16-25H2,1-9H3,(H,46,50)(H,48,49)/t26-,27-,28+,29+,30-,31-,33-,34+,35-,36-,37+,38?,39-,42+,43-,44-,45+/m0/s1. The maximum Gasteiger partial charge on any atom is 0.407 e. The van der Waals surface area contributed by atoms with Crippen molar-refractivity contribution in [2.45, 2.75) is 179 Å². The van der Waals surface area contributed by atoms with Crippen molar-refractivity contribution in [3.8, 4) is 0 Å². The molecule has 5 fully saturated rings. The number of carboxylic acids is 1. The van der Waals surface area contributed by atoms with Crippen LogP contribution in [0.3, 0.4) is 0 Å². The first kappa shape index (κ1) is 45.2. The lowest BCUT2D eigenvalue weighted by Gasteiger charge is -2.49. The molecule has 1 spiro atoms. The second-order valence-corrected chi connectivity index (χ2v) is 18.9. The van der Waals surface area contributed by atoms with E-state index in [2.05, 4.69) is 33.0 Å². The Morgan fingerprint density at radius 1 is 1.00 bits per heavy atom. The molecule has 1 amide bonds. The summed E-state index contributed by atoms with van der Waals surface area (Å²) < 4.78 is 45.6. The predicted octanol–water partition coefficient (Wildman–Crippen LogP) is 6.25. The number of aliphatic hydroxyl groups is 2. The van der Waals surface area contributed by atoms with Crippen LogP contribution in [0, 0.1) is 35.5 Å². The third-order valence-electron chi connectivity index (χ3n) is 14.8. The molecule has 6 rings (SSSR count). The van der Waals surface area contributed by atoms with Crippen LogP contribution in [-0.2, 0) is 44.4 Å². The number of carboxylic acid groups (broad SMARTS) is 1. The van der Waals surface area contributed by atoms with E-state index >= 15 is 0 Å². The van der Waals surface area contributed by atoms with Crippen molar-refractivity contribution in [3.63, 3.8) is 0 Å². The van der Waals surface area contributed by atoms with E-state index in [9.17, 15) is 24.9 Å². The highest BCUT2D eigenvalue weighted by molar-refractivity contribution is 5.70. The molecule has 1 aromatic carbocycles. The van der Waals surface area contributed by atoms with Gasteiger partial charge in [0.25, 0.3) is 0 Å². The van der Waals surface area contributed by atoms with Crippen molar-refractivity contribution in [2.24, 2.45) is 35.5 Å². The average molecular weight is 818 g/mol. The summed E-state index contributed by atoms with van der Waals surface area (Å²) in [5.41, 5.74) is -0.121. The number of methoxy groups -OCH3 is 1. The minimum Gasteiger partial charge on any atom is -0.481 e. The maximum atomic E-state index is 12.6. The van der Waals surface area contributed by atoms with Gasteiger partial charge in [-0.2, -0.15) is 0 Å². The first-order chi connectivity index (χ1) is 27.4. The van der Waals surface area contributed by atoms with Gasteiger partial charge in [0.05, 0.1) is 59.8 Å². The van der Waals surface area contributed by atoms with Crippen molar-refractivity contribution in [2.75, 3.05) is 20.3 Å². The third-order valence-corrected chi connectivity index (χ3v) is 14.8. The molecule has 4 N–H and O–H groups in total. The Kier molecular flexibility index (Phi) is 14.0. The largest absolute Gasteiger partial charge is 0.481 e. The Morgan fingerprint density at radius 2 is 1.72 bits per heavy atom.